The first-order valence-electron chi connectivity index (χ1n) is 6.04. The van der Waals surface area contributed by atoms with E-state index in [0.717, 1.165) is 0 Å². The molecule has 0 radical (unpaired) electrons. The van der Waals surface area contributed by atoms with E-state index in [0.29, 0.717) is 5.56 Å². The van der Waals surface area contributed by atoms with Gasteiger partial charge >= 0.3 is 0 Å². The second-order valence-electron chi connectivity index (χ2n) is 4.94. The van der Waals surface area contributed by atoms with Gasteiger partial charge in [-0.05, 0) is 26.0 Å². The Balaban J connectivity index is 2.68. The van der Waals surface area contributed by atoms with Crippen molar-refractivity contribution in [1.29, 1.82) is 0 Å². The summed E-state index contributed by atoms with van der Waals surface area (Å²) in [5.74, 6) is -0.494. The lowest BCUT2D eigenvalue weighted by atomic mass is 9.92. The summed E-state index contributed by atoms with van der Waals surface area (Å²) in [7, 11) is 1.56. The van der Waals surface area contributed by atoms with Gasteiger partial charge in [0, 0.05) is 25.4 Å². The van der Waals surface area contributed by atoms with Crippen LogP contribution in [0.3, 0.4) is 0 Å². The predicted octanol–water partition coefficient (Wildman–Crippen LogP) is 0.218. The average Bonchev–Trinajstić information content (AvgIpc) is 2.43. The molecule has 6 nitrogen and oxygen atoms in total. The van der Waals surface area contributed by atoms with Gasteiger partial charge in [-0.3, -0.25) is 14.6 Å². The van der Waals surface area contributed by atoms with Gasteiger partial charge in [0.15, 0.2) is 0 Å². The molecule has 0 aromatic carbocycles. The van der Waals surface area contributed by atoms with E-state index in [9.17, 15) is 9.59 Å². The van der Waals surface area contributed by atoms with Crippen LogP contribution in [0.5, 0.6) is 0 Å². The van der Waals surface area contributed by atoms with E-state index in [1.165, 1.54) is 12.3 Å². The molecule has 20 heavy (non-hydrogen) atoms. The Bertz CT molecular complexity index is 526. The van der Waals surface area contributed by atoms with Crippen molar-refractivity contribution in [2.45, 2.75) is 13.8 Å². The van der Waals surface area contributed by atoms with E-state index in [1.54, 1.807) is 27.0 Å². The van der Waals surface area contributed by atoms with Crippen LogP contribution >= 0.6 is 12.2 Å². The van der Waals surface area contributed by atoms with Crippen molar-refractivity contribution in [3.8, 4) is 0 Å². The molecule has 0 aliphatic rings. The number of carbonyl (C=O) groups is 2. The first kappa shape index (κ1) is 16.0. The SMILES string of the molecule is CNC(=O)C(C)(C)CNC(=O)c1ccc(C(N)=S)cn1. The zero-order valence-electron chi connectivity index (χ0n) is 11.7. The zero-order chi connectivity index (χ0) is 15.3. The second-order valence-corrected chi connectivity index (χ2v) is 5.38. The molecular weight excluding hydrogens is 276 g/mol. The third-order valence-electron chi connectivity index (χ3n) is 2.81. The molecule has 1 rings (SSSR count). The Hall–Kier alpha value is -2.02. The highest BCUT2D eigenvalue weighted by molar-refractivity contribution is 7.80. The topological polar surface area (TPSA) is 97.1 Å². The molecular formula is C13H18N4O2S. The highest BCUT2D eigenvalue weighted by Gasteiger charge is 2.27. The van der Waals surface area contributed by atoms with Crippen molar-refractivity contribution in [2.75, 3.05) is 13.6 Å². The molecule has 108 valence electrons. The summed E-state index contributed by atoms with van der Waals surface area (Å²) in [6.45, 7) is 3.70. The molecule has 1 aromatic heterocycles. The number of amides is 2. The number of nitrogens with one attached hydrogen (secondary N) is 2. The Labute approximate surface area is 123 Å². The standard InChI is InChI=1S/C13H18N4O2S/c1-13(2,12(19)15-3)7-17-11(18)9-5-4-8(6-16-9)10(14)20/h4-6H,7H2,1-3H3,(H2,14,20)(H,15,19)(H,17,18). The molecule has 0 unspecified atom stereocenters. The summed E-state index contributed by atoms with van der Waals surface area (Å²) < 4.78 is 0. The van der Waals surface area contributed by atoms with Gasteiger partial charge in [-0.2, -0.15) is 0 Å². The first-order valence-corrected chi connectivity index (χ1v) is 6.45. The summed E-state index contributed by atoms with van der Waals surface area (Å²) in [5, 5.41) is 5.23. The van der Waals surface area contributed by atoms with Gasteiger partial charge in [-0.15, -0.1) is 0 Å². The smallest absolute Gasteiger partial charge is 0.269 e. The van der Waals surface area contributed by atoms with Crippen LogP contribution in [-0.2, 0) is 4.79 Å². The van der Waals surface area contributed by atoms with Gasteiger partial charge in [0.25, 0.3) is 5.91 Å². The van der Waals surface area contributed by atoms with Gasteiger partial charge in [-0.25, -0.2) is 0 Å². The Morgan fingerprint density at radius 1 is 1.40 bits per heavy atom. The maximum absolute atomic E-state index is 11.9. The fourth-order valence-corrected chi connectivity index (χ4v) is 1.61. The Morgan fingerprint density at radius 3 is 2.50 bits per heavy atom. The fourth-order valence-electron chi connectivity index (χ4n) is 1.48. The van der Waals surface area contributed by atoms with E-state index in [4.69, 9.17) is 18.0 Å². The lowest BCUT2D eigenvalue weighted by Gasteiger charge is -2.22. The van der Waals surface area contributed by atoms with Crippen LogP contribution < -0.4 is 16.4 Å². The Morgan fingerprint density at radius 2 is 2.05 bits per heavy atom. The van der Waals surface area contributed by atoms with Crippen LogP contribution in [0.2, 0.25) is 0 Å². The third kappa shape index (κ3) is 3.99. The fraction of sp³-hybridized carbons (Fsp3) is 0.385. The van der Waals surface area contributed by atoms with E-state index >= 15 is 0 Å². The number of hydrogen-bond donors (Lipinski definition) is 3. The Kier molecular flexibility index (Phi) is 5.15. The molecule has 1 heterocycles. The molecule has 0 spiro atoms. The summed E-state index contributed by atoms with van der Waals surface area (Å²) in [5.41, 5.74) is 5.61. The van der Waals surface area contributed by atoms with Gasteiger partial charge in [0.1, 0.15) is 10.7 Å². The molecule has 7 heteroatoms. The number of hydrogen-bond acceptors (Lipinski definition) is 4. The molecule has 0 aliphatic carbocycles. The van der Waals surface area contributed by atoms with Crippen molar-refractivity contribution >= 4 is 29.0 Å². The lowest BCUT2D eigenvalue weighted by molar-refractivity contribution is -0.128. The highest BCUT2D eigenvalue weighted by atomic mass is 32.1. The van der Waals surface area contributed by atoms with Gasteiger partial charge in [-0.1, -0.05) is 12.2 Å². The molecule has 0 saturated carbocycles. The van der Waals surface area contributed by atoms with Crippen molar-refractivity contribution in [2.24, 2.45) is 11.1 Å². The van der Waals surface area contributed by atoms with E-state index in [1.807, 2.05) is 0 Å². The summed E-state index contributed by atoms with van der Waals surface area (Å²) in [6.07, 6.45) is 1.45. The number of rotatable bonds is 5. The van der Waals surface area contributed by atoms with Crippen LogP contribution in [-0.4, -0.2) is 35.4 Å². The highest BCUT2D eigenvalue weighted by Crippen LogP contribution is 2.13. The summed E-state index contributed by atoms with van der Waals surface area (Å²) in [4.78, 5) is 27.7. The number of carbonyl (C=O) groups excluding carboxylic acids is 2. The normalized spacial score (nSPS) is 10.8. The van der Waals surface area contributed by atoms with Crippen LogP contribution in [0.1, 0.15) is 29.9 Å². The van der Waals surface area contributed by atoms with Crippen LogP contribution in [0.4, 0.5) is 0 Å². The minimum absolute atomic E-state index is 0.144. The van der Waals surface area contributed by atoms with E-state index in [2.05, 4.69) is 15.6 Å². The molecule has 0 bridgehead atoms. The van der Waals surface area contributed by atoms with Crippen LogP contribution in [0.15, 0.2) is 18.3 Å². The van der Waals surface area contributed by atoms with Crippen LogP contribution in [0, 0.1) is 5.41 Å². The maximum Gasteiger partial charge on any atom is 0.269 e. The van der Waals surface area contributed by atoms with Crippen LogP contribution in [0.25, 0.3) is 0 Å². The molecule has 0 atom stereocenters. The molecule has 1 aromatic rings. The van der Waals surface area contributed by atoms with Crippen molar-refractivity contribution < 1.29 is 9.59 Å². The number of nitrogens with two attached hydrogens (primary N) is 1. The van der Waals surface area contributed by atoms with Crippen molar-refractivity contribution in [3.63, 3.8) is 0 Å². The lowest BCUT2D eigenvalue weighted by Crippen LogP contribution is -2.43. The van der Waals surface area contributed by atoms with Gasteiger partial charge in [0.2, 0.25) is 5.91 Å². The van der Waals surface area contributed by atoms with Crippen molar-refractivity contribution in [3.05, 3.63) is 29.6 Å². The number of aromatic nitrogens is 1. The largest absolute Gasteiger partial charge is 0.389 e. The minimum Gasteiger partial charge on any atom is -0.389 e. The summed E-state index contributed by atoms with van der Waals surface area (Å²) >= 11 is 4.81. The third-order valence-corrected chi connectivity index (χ3v) is 3.05. The monoisotopic (exact) mass is 294 g/mol. The quantitative estimate of drug-likeness (QED) is 0.675. The second kappa shape index (κ2) is 6.42. The molecule has 0 fully saturated rings. The first-order chi connectivity index (χ1) is 9.27. The molecule has 0 saturated heterocycles. The van der Waals surface area contributed by atoms with Crippen molar-refractivity contribution in [1.82, 2.24) is 15.6 Å². The number of nitrogens with zero attached hydrogens (tertiary/aromatic N) is 1. The van der Waals surface area contributed by atoms with Gasteiger partial charge in [0.05, 0.1) is 5.41 Å². The predicted molar refractivity (Wildman–Crippen MR) is 80.3 cm³/mol. The molecule has 2 amide bonds. The number of thiocarbonyl (C=S) groups is 1. The van der Waals surface area contributed by atoms with Gasteiger partial charge < -0.3 is 16.4 Å². The minimum atomic E-state index is -0.691. The maximum atomic E-state index is 11.9. The zero-order valence-corrected chi connectivity index (χ0v) is 12.5. The average molecular weight is 294 g/mol. The van der Waals surface area contributed by atoms with E-state index < -0.39 is 5.41 Å². The number of pyridine rings is 1. The molecule has 4 N–H and O–H groups in total. The van der Waals surface area contributed by atoms with E-state index in [-0.39, 0.29) is 29.0 Å². The molecule has 0 aliphatic heterocycles. The summed E-state index contributed by atoms with van der Waals surface area (Å²) in [6, 6.07) is 3.17.